The van der Waals surface area contributed by atoms with Crippen molar-refractivity contribution in [3.8, 4) is 0 Å². The van der Waals surface area contributed by atoms with Crippen molar-refractivity contribution < 1.29 is 13.2 Å². The van der Waals surface area contributed by atoms with E-state index in [4.69, 9.17) is 0 Å². The molecule has 5 nitrogen and oxygen atoms in total. The smallest absolute Gasteiger partial charge is 0.261 e. The topological polar surface area (TPSA) is 75.3 Å². The molecule has 0 aliphatic carbocycles. The van der Waals surface area contributed by atoms with Crippen LogP contribution in [0.25, 0.3) is 0 Å². The van der Waals surface area contributed by atoms with Gasteiger partial charge in [0.25, 0.3) is 10.0 Å². The average molecular weight is 330 g/mol. The van der Waals surface area contributed by atoms with Crippen molar-refractivity contribution in [3.05, 3.63) is 53.1 Å². The van der Waals surface area contributed by atoms with E-state index in [0.29, 0.717) is 24.2 Å². The van der Waals surface area contributed by atoms with E-state index >= 15 is 0 Å². The number of rotatable bonds is 3. The fraction of sp³-hybridized carbons (Fsp3) is 0.235. The maximum absolute atomic E-state index is 12.6. The van der Waals surface area contributed by atoms with Crippen molar-refractivity contribution in [1.82, 2.24) is 0 Å². The van der Waals surface area contributed by atoms with E-state index in [2.05, 4.69) is 10.0 Å². The summed E-state index contributed by atoms with van der Waals surface area (Å²) >= 11 is 0. The molecular weight excluding hydrogens is 312 g/mol. The standard InChI is InChI=1S/C17H18N2O3S/c1-11-3-6-14(7-4-11)23(21,22)19-15-10-12(2)9-13-5-8-16(20)18-17(13)15/h3-4,6-7,9-10,19H,5,8H2,1-2H3,(H,18,20). The molecule has 0 spiro atoms. The summed E-state index contributed by atoms with van der Waals surface area (Å²) in [6, 6.07) is 10.3. The van der Waals surface area contributed by atoms with Crippen molar-refractivity contribution >= 4 is 27.3 Å². The molecule has 120 valence electrons. The fourth-order valence-corrected chi connectivity index (χ4v) is 3.72. The lowest BCUT2D eigenvalue weighted by Gasteiger charge is -2.21. The van der Waals surface area contributed by atoms with Crippen LogP contribution in [0.5, 0.6) is 0 Å². The van der Waals surface area contributed by atoms with Crippen molar-refractivity contribution in [2.24, 2.45) is 0 Å². The Kier molecular flexibility index (Phi) is 3.85. The third-order valence-corrected chi connectivity index (χ3v) is 5.21. The number of benzene rings is 2. The Morgan fingerprint density at radius 3 is 2.39 bits per heavy atom. The minimum atomic E-state index is -3.70. The largest absolute Gasteiger partial charge is 0.324 e. The van der Waals surface area contributed by atoms with E-state index in [1.54, 1.807) is 30.3 Å². The molecule has 0 fully saturated rings. The van der Waals surface area contributed by atoms with Crippen LogP contribution in [0.2, 0.25) is 0 Å². The summed E-state index contributed by atoms with van der Waals surface area (Å²) in [5, 5.41) is 2.77. The Labute approximate surface area is 135 Å². The van der Waals surface area contributed by atoms with Gasteiger partial charge in [-0.25, -0.2) is 8.42 Å². The Morgan fingerprint density at radius 1 is 1.00 bits per heavy atom. The Hall–Kier alpha value is -2.34. The molecule has 23 heavy (non-hydrogen) atoms. The highest BCUT2D eigenvalue weighted by Crippen LogP contribution is 2.33. The van der Waals surface area contributed by atoms with Crippen LogP contribution in [0.4, 0.5) is 11.4 Å². The van der Waals surface area contributed by atoms with Gasteiger partial charge in [0.15, 0.2) is 0 Å². The average Bonchev–Trinajstić information content (AvgIpc) is 2.48. The summed E-state index contributed by atoms with van der Waals surface area (Å²) < 4.78 is 27.7. The summed E-state index contributed by atoms with van der Waals surface area (Å²) in [6.45, 7) is 3.80. The molecule has 1 aliphatic rings. The fourth-order valence-electron chi connectivity index (χ4n) is 2.66. The monoisotopic (exact) mass is 330 g/mol. The number of carbonyl (C=O) groups is 1. The molecule has 1 amide bonds. The second-order valence-corrected chi connectivity index (χ2v) is 7.50. The predicted octanol–water partition coefficient (Wildman–Crippen LogP) is 2.99. The van der Waals surface area contributed by atoms with Crippen molar-refractivity contribution in [2.45, 2.75) is 31.6 Å². The van der Waals surface area contributed by atoms with Gasteiger partial charge in [0.1, 0.15) is 0 Å². The number of nitrogens with one attached hydrogen (secondary N) is 2. The molecule has 0 aromatic heterocycles. The minimum absolute atomic E-state index is 0.0999. The lowest BCUT2D eigenvalue weighted by molar-refractivity contribution is -0.116. The van der Waals surface area contributed by atoms with Gasteiger partial charge in [0.2, 0.25) is 5.91 Å². The number of hydrogen-bond donors (Lipinski definition) is 2. The SMILES string of the molecule is Cc1ccc(S(=O)(=O)Nc2cc(C)cc3c2NC(=O)CC3)cc1. The molecule has 0 bridgehead atoms. The van der Waals surface area contributed by atoms with E-state index in [9.17, 15) is 13.2 Å². The second-order valence-electron chi connectivity index (χ2n) is 5.81. The van der Waals surface area contributed by atoms with Crippen LogP contribution in [0.15, 0.2) is 41.3 Å². The van der Waals surface area contributed by atoms with Gasteiger partial charge in [-0.15, -0.1) is 0 Å². The number of hydrogen-bond acceptors (Lipinski definition) is 3. The summed E-state index contributed by atoms with van der Waals surface area (Å²) in [4.78, 5) is 11.8. The summed E-state index contributed by atoms with van der Waals surface area (Å²) in [6.07, 6.45) is 1.03. The molecule has 6 heteroatoms. The van der Waals surface area contributed by atoms with Crippen LogP contribution in [0.3, 0.4) is 0 Å². The second kappa shape index (κ2) is 5.70. The summed E-state index contributed by atoms with van der Waals surface area (Å²) in [5.74, 6) is -0.0999. The number of aryl methyl sites for hydroxylation is 3. The van der Waals surface area contributed by atoms with E-state index in [1.165, 1.54) is 0 Å². The summed E-state index contributed by atoms with van der Waals surface area (Å²) in [7, 11) is -3.70. The highest BCUT2D eigenvalue weighted by Gasteiger charge is 2.22. The lowest BCUT2D eigenvalue weighted by atomic mass is 9.99. The molecular formula is C17H18N2O3S. The Morgan fingerprint density at radius 2 is 1.70 bits per heavy atom. The van der Waals surface area contributed by atoms with E-state index < -0.39 is 10.0 Å². The van der Waals surface area contributed by atoms with E-state index in [0.717, 1.165) is 16.7 Å². The molecule has 1 aliphatic heterocycles. The van der Waals surface area contributed by atoms with E-state index in [1.807, 2.05) is 19.9 Å². The first-order chi connectivity index (χ1) is 10.8. The highest BCUT2D eigenvalue weighted by atomic mass is 32.2. The highest BCUT2D eigenvalue weighted by molar-refractivity contribution is 7.92. The normalized spacial score (nSPS) is 14.1. The number of anilines is 2. The Bertz CT molecular complexity index is 871. The van der Waals surface area contributed by atoms with Gasteiger partial charge in [0, 0.05) is 6.42 Å². The molecule has 0 saturated carbocycles. The van der Waals surface area contributed by atoms with Gasteiger partial charge in [-0.1, -0.05) is 23.8 Å². The predicted molar refractivity (Wildman–Crippen MR) is 90.1 cm³/mol. The first-order valence-electron chi connectivity index (χ1n) is 7.38. The van der Waals surface area contributed by atoms with Crippen LogP contribution >= 0.6 is 0 Å². The van der Waals surface area contributed by atoms with Crippen LogP contribution in [-0.2, 0) is 21.2 Å². The molecule has 0 radical (unpaired) electrons. The maximum Gasteiger partial charge on any atom is 0.261 e. The maximum atomic E-state index is 12.6. The lowest BCUT2D eigenvalue weighted by Crippen LogP contribution is -2.22. The number of amides is 1. The van der Waals surface area contributed by atoms with Crippen LogP contribution < -0.4 is 10.0 Å². The van der Waals surface area contributed by atoms with Gasteiger partial charge in [-0.05, 0) is 49.6 Å². The van der Waals surface area contributed by atoms with Crippen molar-refractivity contribution in [3.63, 3.8) is 0 Å². The van der Waals surface area contributed by atoms with Crippen LogP contribution in [0.1, 0.15) is 23.1 Å². The zero-order valence-corrected chi connectivity index (χ0v) is 13.8. The van der Waals surface area contributed by atoms with Gasteiger partial charge < -0.3 is 5.32 Å². The van der Waals surface area contributed by atoms with Crippen molar-refractivity contribution in [1.29, 1.82) is 0 Å². The van der Waals surface area contributed by atoms with Gasteiger partial charge in [-0.3, -0.25) is 9.52 Å². The summed E-state index contributed by atoms with van der Waals surface area (Å²) in [5.41, 5.74) is 3.85. The molecule has 0 unspecified atom stereocenters. The Balaban J connectivity index is 2.01. The van der Waals surface area contributed by atoms with E-state index in [-0.39, 0.29) is 10.8 Å². The van der Waals surface area contributed by atoms with Gasteiger partial charge >= 0.3 is 0 Å². The zero-order valence-electron chi connectivity index (χ0n) is 13.0. The minimum Gasteiger partial charge on any atom is -0.324 e. The third-order valence-electron chi connectivity index (χ3n) is 3.83. The molecule has 3 rings (SSSR count). The van der Waals surface area contributed by atoms with Crippen LogP contribution in [-0.4, -0.2) is 14.3 Å². The van der Waals surface area contributed by atoms with Crippen LogP contribution in [0, 0.1) is 13.8 Å². The first kappa shape index (κ1) is 15.6. The van der Waals surface area contributed by atoms with Gasteiger partial charge in [0.05, 0.1) is 16.3 Å². The molecule has 1 heterocycles. The molecule has 0 saturated heterocycles. The quantitative estimate of drug-likeness (QED) is 0.908. The first-order valence-corrected chi connectivity index (χ1v) is 8.86. The number of sulfonamides is 1. The zero-order chi connectivity index (χ0) is 16.6. The molecule has 2 aromatic carbocycles. The molecule has 2 N–H and O–H groups in total. The number of fused-ring (bicyclic) bond motifs is 1. The number of carbonyl (C=O) groups excluding carboxylic acids is 1. The van der Waals surface area contributed by atoms with Crippen molar-refractivity contribution in [2.75, 3.05) is 10.0 Å². The third kappa shape index (κ3) is 3.22. The van der Waals surface area contributed by atoms with Gasteiger partial charge in [-0.2, -0.15) is 0 Å². The molecule has 2 aromatic rings. The molecule has 0 atom stereocenters.